The highest BCUT2D eigenvalue weighted by atomic mass is 16.3. The maximum absolute atomic E-state index is 12.3. The summed E-state index contributed by atoms with van der Waals surface area (Å²) in [5.74, 6) is 0.200. The molecule has 4 heteroatoms. The average Bonchev–Trinajstić information content (AvgIpc) is 3.02. The first kappa shape index (κ1) is 43.4. The summed E-state index contributed by atoms with van der Waals surface area (Å²) in [4.78, 5) is 14.6. The van der Waals surface area contributed by atoms with Gasteiger partial charge in [0, 0.05) is 26.1 Å². The normalized spacial score (nSPS) is 11.5. The topological polar surface area (TPSA) is 52.6 Å². The van der Waals surface area contributed by atoms with E-state index >= 15 is 0 Å². The van der Waals surface area contributed by atoms with Crippen LogP contribution in [-0.4, -0.2) is 48.7 Å². The van der Waals surface area contributed by atoms with Crippen LogP contribution >= 0.6 is 0 Å². The zero-order valence-corrected chi connectivity index (χ0v) is 30.5. The second kappa shape index (κ2) is 38.6. The maximum atomic E-state index is 12.3. The third-order valence-electron chi connectivity index (χ3n) is 9.50. The number of nitrogens with one attached hydrogen (secondary N) is 1. The molecule has 0 aliphatic carbocycles. The highest BCUT2D eigenvalue weighted by Crippen LogP contribution is 2.15. The van der Waals surface area contributed by atoms with Gasteiger partial charge in [0.15, 0.2) is 0 Å². The molecule has 4 nitrogen and oxygen atoms in total. The van der Waals surface area contributed by atoms with E-state index in [1.165, 1.54) is 193 Å². The Labute approximate surface area is 277 Å². The molecule has 0 aromatic carbocycles. The van der Waals surface area contributed by atoms with Gasteiger partial charge in [-0.2, -0.15) is 0 Å². The van der Waals surface area contributed by atoms with Gasteiger partial charge in [0.05, 0.1) is 6.61 Å². The first-order valence-electron chi connectivity index (χ1n) is 20.3. The van der Waals surface area contributed by atoms with Gasteiger partial charge in [-0.1, -0.05) is 200 Å². The first-order valence-corrected chi connectivity index (χ1v) is 20.3. The van der Waals surface area contributed by atoms with Crippen LogP contribution in [0.3, 0.4) is 0 Å². The van der Waals surface area contributed by atoms with Crippen molar-refractivity contribution in [2.45, 2.75) is 219 Å². The van der Waals surface area contributed by atoms with Crippen LogP contribution in [-0.2, 0) is 4.79 Å². The van der Waals surface area contributed by atoms with Gasteiger partial charge >= 0.3 is 0 Å². The molecule has 0 aliphatic rings. The molecule has 0 aliphatic heterocycles. The van der Waals surface area contributed by atoms with Gasteiger partial charge in [0.1, 0.15) is 0 Å². The number of hydrogen-bond donors (Lipinski definition) is 2. The van der Waals surface area contributed by atoms with Crippen LogP contribution in [0.1, 0.15) is 219 Å². The number of hydrogen-bond acceptors (Lipinski definition) is 3. The zero-order chi connectivity index (χ0) is 32.0. The molecule has 0 heterocycles. The van der Waals surface area contributed by atoms with Crippen LogP contribution < -0.4 is 5.32 Å². The van der Waals surface area contributed by atoms with Crippen molar-refractivity contribution in [3.05, 3.63) is 0 Å². The van der Waals surface area contributed by atoms with Crippen LogP contribution in [0.15, 0.2) is 0 Å². The Morgan fingerprint density at radius 1 is 0.432 bits per heavy atom. The Balaban J connectivity index is 3.46. The van der Waals surface area contributed by atoms with Crippen LogP contribution in [0, 0.1) is 0 Å². The van der Waals surface area contributed by atoms with Gasteiger partial charge in [-0.25, -0.2) is 0 Å². The van der Waals surface area contributed by atoms with Crippen molar-refractivity contribution in [2.24, 2.45) is 0 Å². The number of nitrogens with zero attached hydrogens (tertiary/aromatic N) is 1. The summed E-state index contributed by atoms with van der Waals surface area (Å²) >= 11 is 0. The standard InChI is InChI=1S/C40H82N2O2/c1-3-5-7-9-11-13-15-17-19-21-23-25-27-29-31-33-36-42(38-39-43)37-35-41-40(44)34-32-30-28-26-24-22-20-18-16-14-12-10-8-6-4-2/h43H,3-39H2,1-2H3,(H,41,44). The summed E-state index contributed by atoms with van der Waals surface area (Å²) in [6.45, 7) is 8.09. The van der Waals surface area contributed by atoms with Gasteiger partial charge in [-0.05, 0) is 19.4 Å². The van der Waals surface area contributed by atoms with Crippen molar-refractivity contribution in [1.29, 1.82) is 0 Å². The minimum Gasteiger partial charge on any atom is -0.395 e. The largest absolute Gasteiger partial charge is 0.395 e. The average molecular weight is 623 g/mol. The van der Waals surface area contributed by atoms with Gasteiger partial charge < -0.3 is 10.4 Å². The molecule has 0 fully saturated rings. The van der Waals surface area contributed by atoms with Crippen LogP contribution in [0.25, 0.3) is 0 Å². The number of unbranched alkanes of at least 4 members (excludes halogenated alkanes) is 29. The lowest BCUT2D eigenvalue weighted by Gasteiger charge is -2.21. The second-order valence-corrected chi connectivity index (χ2v) is 13.9. The van der Waals surface area contributed by atoms with E-state index in [1.807, 2.05) is 0 Å². The molecule has 0 saturated heterocycles. The number of carbonyl (C=O) groups excluding carboxylic acids is 1. The van der Waals surface area contributed by atoms with E-state index < -0.39 is 0 Å². The molecule has 0 aromatic rings. The molecule has 0 atom stereocenters. The lowest BCUT2D eigenvalue weighted by Crippen LogP contribution is -2.36. The quantitative estimate of drug-likeness (QED) is 0.0673. The molecular formula is C40H82N2O2. The molecule has 0 rings (SSSR count). The van der Waals surface area contributed by atoms with E-state index in [1.54, 1.807) is 0 Å². The molecule has 0 bridgehead atoms. The molecule has 1 amide bonds. The fourth-order valence-electron chi connectivity index (χ4n) is 6.46. The number of amides is 1. The number of aliphatic hydroxyl groups is 1. The van der Waals surface area contributed by atoms with Gasteiger partial charge in [0.2, 0.25) is 5.91 Å². The molecule has 0 radical (unpaired) electrons. The highest BCUT2D eigenvalue weighted by Gasteiger charge is 2.06. The third kappa shape index (κ3) is 35.9. The molecule has 264 valence electrons. The van der Waals surface area contributed by atoms with Crippen molar-refractivity contribution in [3.63, 3.8) is 0 Å². The van der Waals surface area contributed by atoms with Crippen LogP contribution in [0.4, 0.5) is 0 Å². The Morgan fingerprint density at radius 2 is 0.750 bits per heavy atom. The Kier molecular flexibility index (Phi) is 38.0. The highest BCUT2D eigenvalue weighted by molar-refractivity contribution is 5.75. The summed E-state index contributed by atoms with van der Waals surface area (Å²) < 4.78 is 0. The van der Waals surface area contributed by atoms with Gasteiger partial charge in [-0.15, -0.1) is 0 Å². The van der Waals surface area contributed by atoms with Crippen molar-refractivity contribution in [2.75, 3.05) is 32.8 Å². The fourth-order valence-corrected chi connectivity index (χ4v) is 6.46. The minimum atomic E-state index is 0.200. The van der Waals surface area contributed by atoms with Gasteiger partial charge in [0.25, 0.3) is 0 Å². The molecule has 0 unspecified atom stereocenters. The Hall–Kier alpha value is -0.610. The van der Waals surface area contributed by atoms with Crippen LogP contribution in [0.5, 0.6) is 0 Å². The summed E-state index contributed by atoms with van der Waals surface area (Å²) in [6.07, 6.45) is 43.2. The predicted octanol–water partition coefficient (Wildman–Crippen LogP) is 11.9. The van der Waals surface area contributed by atoms with E-state index in [0.29, 0.717) is 19.5 Å². The summed E-state index contributed by atoms with van der Waals surface area (Å²) in [5.41, 5.74) is 0. The smallest absolute Gasteiger partial charge is 0.220 e. The summed E-state index contributed by atoms with van der Waals surface area (Å²) in [5, 5.41) is 12.6. The first-order chi connectivity index (χ1) is 21.7. The van der Waals surface area contributed by atoms with Crippen molar-refractivity contribution in [1.82, 2.24) is 10.2 Å². The fraction of sp³-hybridized carbons (Fsp3) is 0.975. The molecule has 0 spiro atoms. The van der Waals surface area contributed by atoms with E-state index in [4.69, 9.17) is 0 Å². The monoisotopic (exact) mass is 623 g/mol. The maximum Gasteiger partial charge on any atom is 0.220 e. The number of rotatable bonds is 38. The number of aliphatic hydroxyl groups excluding tert-OH is 1. The minimum absolute atomic E-state index is 0.200. The van der Waals surface area contributed by atoms with E-state index in [9.17, 15) is 9.90 Å². The molecule has 44 heavy (non-hydrogen) atoms. The Morgan fingerprint density at radius 3 is 1.09 bits per heavy atom. The molecule has 0 aromatic heterocycles. The summed E-state index contributed by atoms with van der Waals surface area (Å²) in [6, 6.07) is 0. The van der Waals surface area contributed by atoms with Crippen LogP contribution in [0.2, 0.25) is 0 Å². The second-order valence-electron chi connectivity index (χ2n) is 13.9. The SMILES string of the molecule is CCCCCCCCCCCCCCCCCCN(CCO)CCNC(=O)CCCCCCCCCCCCCCCCC. The van der Waals surface area contributed by atoms with Crippen molar-refractivity contribution >= 4 is 5.91 Å². The molecule has 2 N–H and O–H groups in total. The van der Waals surface area contributed by atoms with E-state index in [-0.39, 0.29) is 12.5 Å². The van der Waals surface area contributed by atoms with E-state index in [2.05, 4.69) is 24.1 Å². The molecule has 0 saturated carbocycles. The third-order valence-corrected chi connectivity index (χ3v) is 9.50. The van der Waals surface area contributed by atoms with Crippen molar-refractivity contribution in [3.8, 4) is 0 Å². The lowest BCUT2D eigenvalue weighted by atomic mass is 10.0. The van der Waals surface area contributed by atoms with E-state index in [0.717, 1.165) is 19.5 Å². The van der Waals surface area contributed by atoms with Crippen molar-refractivity contribution < 1.29 is 9.90 Å². The number of carbonyl (C=O) groups is 1. The van der Waals surface area contributed by atoms with Gasteiger partial charge in [-0.3, -0.25) is 9.69 Å². The zero-order valence-electron chi connectivity index (χ0n) is 30.5. The Bertz CT molecular complexity index is 541. The lowest BCUT2D eigenvalue weighted by molar-refractivity contribution is -0.121. The summed E-state index contributed by atoms with van der Waals surface area (Å²) in [7, 11) is 0. The predicted molar refractivity (Wildman–Crippen MR) is 196 cm³/mol. The molecular weight excluding hydrogens is 540 g/mol.